The minimum absolute atomic E-state index is 0.0232. The highest BCUT2D eigenvalue weighted by Crippen LogP contribution is 2.24. The predicted molar refractivity (Wildman–Crippen MR) is 72.6 cm³/mol. The lowest BCUT2D eigenvalue weighted by molar-refractivity contribution is -0.385. The lowest BCUT2D eigenvalue weighted by Gasteiger charge is -2.06. The Morgan fingerprint density at radius 1 is 1.38 bits per heavy atom. The van der Waals surface area contributed by atoms with Gasteiger partial charge in [0.1, 0.15) is 18.1 Å². The molecule has 0 aliphatic rings. The van der Waals surface area contributed by atoms with Gasteiger partial charge in [-0.2, -0.15) is 0 Å². The molecule has 0 spiro atoms. The summed E-state index contributed by atoms with van der Waals surface area (Å²) in [6, 6.07) is 5.83. The Morgan fingerprint density at radius 2 is 2.10 bits per heavy atom. The number of aromatic carboxylic acids is 1. The lowest BCUT2D eigenvalue weighted by atomic mass is 10.2. The number of carbonyl (C=O) groups is 1. The Hall–Kier alpha value is -2.83. The molecule has 110 valence electrons. The van der Waals surface area contributed by atoms with Gasteiger partial charge in [0.05, 0.1) is 4.92 Å². The monoisotopic (exact) mass is 291 g/mol. The van der Waals surface area contributed by atoms with Crippen molar-refractivity contribution in [1.82, 2.24) is 0 Å². The summed E-state index contributed by atoms with van der Waals surface area (Å²) in [5, 5.41) is 19.5. The van der Waals surface area contributed by atoms with E-state index in [0.29, 0.717) is 22.6 Å². The maximum absolute atomic E-state index is 10.8. The van der Waals surface area contributed by atoms with E-state index in [-0.39, 0.29) is 18.1 Å². The van der Waals surface area contributed by atoms with Crippen LogP contribution in [-0.4, -0.2) is 16.0 Å². The largest absolute Gasteiger partial charge is 0.489 e. The number of carboxylic acid groups (broad SMARTS) is 1. The summed E-state index contributed by atoms with van der Waals surface area (Å²) >= 11 is 0. The average Bonchev–Trinajstić information content (AvgIpc) is 2.77. The number of furan rings is 1. The van der Waals surface area contributed by atoms with Crippen molar-refractivity contribution in [2.45, 2.75) is 20.5 Å². The number of rotatable bonds is 5. The fraction of sp³-hybridized carbons (Fsp3) is 0.214. The molecular weight excluding hydrogens is 278 g/mol. The van der Waals surface area contributed by atoms with Gasteiger partial charge in [0.2, 0.25) is 5.76 Å². The Labute approximate surface area is 119 Å². The normalized spacial score (nSPS) is 10.4. The summed E-state index contributed by atoms with van der Waals surface area (Å²) in [5.74, 6) is -0.358. The number of hydrogen-bond donors (Lipinski definition) is 1. The van der Waals surface area contributed by atoms with Gasteiger partial charge in [0, 0.05) is 17.2 Å². The van der Waals surface area contributed by atoms with Gasteiger partial charge in [-0.05, 0) is 32.0 Å². The Kier molecular flexibility index (Phi) is 3.93. The molecule has 0 aliphatic heterocycles. The number of nitro groups is 1. The molecule has 21 heavy (non-hydrogen) atoms. The van der Waals surface area contributed by atoms with Gasteiger partial charge in [-0.1, -0.05) is 0 Å². The van der Waals surface area contributed by atoms with Crippen LogP contribution in [0.25, 0.3) is 0 Å². The van der Waals surface area contributed by atoms with Crippen LogP contribution in [0.4, 0.5) is 5.69 Å². The fourth-order valence-corrected chi connectivity index (χ4v) is 1.85. The molecular formula is C14H13NO6. The number of aryl methyl sites for hydroxylation is 2. The third-order valence-electron chi connectivity index (χ3n) is 2.99. The number of benzene rings is 1. The quantitative estimate of drug-likeness (QED) is 0.670. The Balaban J connectivity index is 2.11. The Bertz CT molecular complexity index is 703. The highest BCUT2D eigenvalue weighted by Gasteiger charge is 2.14. The zero-order valence-electron chi connectivity index (χ0n) is 11.5. The smallest absolute Gasteiger partial charge is 0.371 e. The van der Waals surface area contributed by atoms with Gasteiger partial charge >= 0.3 is 5.97 Å². The van der Waals surface area contributed by atoms with Crippen molar-refractivity contribution in [1.29, 1.82) is 0 Å². The third kappa shape index (κ3) is 3.19. The first-order chi connectivity index (χ1) is 9.88. The van der Waals surface area contributed by atoms with E-state index < -0.39 is 10.9 Å². The van der Waals surface area contributed by atoms with Crippen molar-refractivity contribution in [3.8, 4) is 5.75 Å². The molecule has 7 nitrogen and oxygen atoms in total. The molecule has 0 atom stereocenters. The van der Waals surface area contributed by atoms with Gasteiger partial charge in [-0.15, -0.1) is 0 Å². The second-order valence-corrected chi connectivity index (χ2v) is 4.49. The molecule has 0 radical (unpaired) electrons. The number of ether oxygens (including phenoxy) is 1. The summed E-state index contributed by atoms with van der Waals surface area (Å²) < 4.78 is 10.6. The SMILES string of the molecule is Cc1cc(OCc2cc(C(=O)O)oc2C)ccc1[N+](=O)[O-]. The number of nitrogens with zero attached hydrogens (tertiary/aromatic N) is 1. The standard InChI is InChI=1S/C14H13NO6/c1-8-5-11(3-4-12(8)15(18)19)20-7-10-6-13(14(16)17)21-9(10)2/h3-6H,7H2,1-2H3,(H,16,17). The first-order valence-electron chi connectivity index (χ1n) is 6.09. The highest BCUT2D eigenvalue weighted by atomic mass is 16.6. The number of carboxylic acids is 1. The van der Waals surface area contributed by atoms with Crippen molar-refractivity contribution < 1.29 is 24.0 Å². The fourth-order valence-electron chi connectivity index (χ4n) is 1.85. The van der Waals surface area contributed by atoms with Crippen molar-refractivity contribution in [3.63, 3.8) is 0 Å². The van der Waals surface area contributed by atoms with E-state index in [1.165, 1.54) is 18.2 Å². The molecule has 0 saturated heterocycles. The van der Waals surface area contributed by atoms with Crippen molar-refractivity contribution in [2.75, 3.05) is 0 Å². The van der Waals surface area contributed by atoms with Crippen LogP contribution in [0.5, 0.6) is 5.75 Å². The summed E-state index contributed by atoms with van der Waals surface area (Å²) in [6.45, 7) is 3.39. The molecule has 0 saturated carbocycles. The predicted octanol–water partition coefficient (Wildman–Crippen LogP) is 3.08. The molecule has 1 N–H and O–H groups in total. The van der Waals surface area contributed by atoms with Crippen LogP contribution in [0.15, 0.2) is 28.7 Å². The summed E-state index contributed by atoms with van der Waals surface area (Å²) in [4.78, 5) is 21.0. The topological polar surface area (TPSA) is 103 Å². The molecule has 0 aliphatic carbocycles. The van der Waals surface area contributed by atoms with Crippen molar-refractivity contribution >= 4 is 11.7 Å². The lowest BCUT2D eigenvalue weighted by Crippen LogP contribution is -1.97. The first-order valence-corrected chi connectivity index (χ1v) is 6.09. The van der Waals surface area contributed by atoms with E-state index in [9.17, 15) is 14.9 Å². The summed E-state index contributed by atoms with van der Waals surface area (Å²) in [7, 11) is 0. The maximum Gasteiger partial charge on any atom is 0.371 e. The van der Waals surface area contributed by atoms with Crippen LogP contribution in [0.1, 0.15) is 27.4 Å². The van der Waals surface area contributed by atoms with Gasteiger partial charge in [0.15, 0.2) is 0 Å². The first kappa shape index (κ1) is 14.6. The maximum atomic E-state index is 10.8. The van der Waals surface area contributed by atoms with E-state index in [2.05, 4.69) is 0 Å². The van der Waals surface area contributed by atoms with E-state index in [1.54, 1.807) is 19.9 Å². The van der Waals surface area contributed by atoms with E-state index in [0.717, 1.165) is 0 Å². The van der Waals surface area contributed by atoms with Crippen LogP contribution in [0.3, 0.4) is 0 Å². The van der Waals surface area contributed by atoms with Crippen LogP contribution < -0.4 is 4.74 Å². The molecule has 7 heteroatoms. The Morgan fingerprint density at radius 3 is 2.62 bits per heavy atom. The van der Waals surface area contributed by atoms with Crippen molar-refractivity contribution in [3.05, 3.63) is 57.0 Å². The van der Waals surface area contributed by atoms with Gasteiger partial charge in [-0.3, -0.25) is 10.1 Å². The zero-order valence-corrected chi connectivity index (χ0v) is 11.5. The van der Waals surface area contributed by atoms with Crippen molar-refractivity contribution in [2.24, 2.45) is 0 Å². The minimum Gasteiger partial charge on any atom is -0.489 e. The van der Waals surface area contributed by atoms with E-state index in [1.807, 2.05) is 0 Å². The molecule has 2 aromatic rings. The average molecular weight is 291 g/mol. The van der Waals surface area contributed by atoms with Crippen LogP contribution in [0.2, 0.25) is 0 Å². The summed E-state index contributed by atoms with van der Waals surface area (Å²) in [5.41, 5.74) is 1.13. The molecule has 1 aromatic carbocycles. The highest BCUT2D eigenvalue weighted by molar-refractivity contribution is 5.84. The number of hydrogen-bond acceptors (Lipinski definition) is 5. The molecule has 0 bridgehead atoms. The molecule has 0 unspecified atom stereocenters. The molecule has 2 rings (SSSR count). The number of nitro benzene ring substituents is 1. The summed E-state index contributed by atoms with van der Waals surface area (Å²) in [6.07, 6.45) is 0. The van der Waals surface area contributed by atoms with Crippen LogP contribution in [0, 0.1) is 24.0 Å². The minimum atomic E-state index is -1.14. The van der Waals surface area contributed by atoms with Crippen LogP contribution >= 0.6 is 0 Å². The van der Waals surface area contributed by atoms with Gasteiger partial charge in [-0.25, -0.2) is 4.79 Å². The van der Waals surface area contributed by atoms with Gasteiger partial charge in [0.25, 0.3) is 5.69 Å². The third-order valence-corrected chi connectivity index (χ3v) is 2.99. The van der Waals surface area contributed by atoms with E-state index >= 15 is 0 Å². The molecule has 1 heterocycles. The second kappa shape index (κ2) is 5.66. The second-order valence-electron chi connectivity index (χ2n) is 4.49. The van der Waals surface area contributed by atoms with Gasteiger partial charge < -0.3 is 14.3 Å². The van der Waals surface area contributed by atoms with E-state index in [4.69, 9.17) is 14.3 Å². The molecule has 1 aromatic heterocycles. The van der Waals surface area contributed by atoms with Crippen LogP contribution in [-0.2, 0) is 6.61 Å². The molecule has 0 fully saturated rings. The zero-order chi connectivity index (χ0) is 15.6. The molecule has 0 amide bonds.